The Morgan fingerprint density at radius 3 is 2.17 bits per heavy atom. The molecule has 0 radical (unpaired) electrons. The molecule has 4 aromatic rings. The van der Waals surface area contributed by atoms with Gasteiger partial charge in [0.25, 0.3) is 5.91 Å². The number of hydrogen-bond donors (Lipinski definition) is 3. The number of rotatable bonds is 4. The summed E-state index contributed by atoms with van der Waals surface area (Å²) in [6, 6.07) is 26.9. The number of carbonyl (C=O) groups excluding carboxylic acids is 1. The topological polar surface area (TPSA) is 95.7 Å². The summed E-state index contributed by atoms with van der Waals surface area (Å²) in [5, 5.41) is 12.0. The molecule has 0 aliphatic carbocycles. The first-order valence-corrected chi connectivity index (χ1v) is 13.0. The van der Waals surface area contributed by atoms with Gasteiger partial charge in [-0.15, -0.1) is 0 Å². The van der Waals surface area contributed by atoms with Crippen molar-refractivity contribution in [3.8, 4) is 11.1 Å². The number of alkyl halides is 3. The summed E-state index contributed by atoms with van der Waals surface area (Å²) >= 11 is 0. The van der Waals surface area contributed by atoms with Crippen LogP contribution in [-0.2, 0) is 19.1 Å². The van der Waals surface area contributed by atoms with Gasteiger partial charge in [-0.25, -0.2) is 4.79 Å². The van der Waals surface area contributed by atoms with Crippen molar-refractivity contribution in [3.05, 3.63) is 125 Å². The van der Waals surface area contributed by atoms with Gasteiger partial charge in [0.05, 0.1) is 5.56 Å². The van der Waals surface area contributed by atoms with E-state index in [9.17, 15) is 22.8 Å². The third-order valence-electron chi connectivity index (χ3n) is 6.77. The van der Waals surface area contributed by atoms with Crippen molar-refractivity contribution in [2.24, 2.45) is 5.73 Å². The van der Waals surface area contributed by atoms with Gasteiger partial charge < -0.3 is 21.1 Å². The Morgan fingerprint density at radius 1 is 0.902 bits per heavy atom. The Labute approximate surface area is 236 Å². The predicted molar refractivity (Wildman–Crippen MR) is 152 cm³/mol. The lowest BCUT2D eigenvalue weighted by molar-refractivity contribution is -0.137. The SMILES string of the molecule is CC(N)c1ccccc1.O=C(Nc1ccc2c(c1)CCN(C(=O)O)C2)c1ccccc1-c1ccc(C(F)(F)F)cc1. The third-order valence-corrected chi connectivity index (χ3v) is 6.77. The molecule has 0 spiro atoms. The molecule has 2 amide bonds. The number of nitrogens with zero attached hydrogens (tertiary/aromatic N) is 1. The van der Waals surface area contributed by atoms with Crippen LogP contribution in [0.3, 0.4) is 0 Å². The zero-order chi connectivity index (χ0) is 29.6. The molecule has 212 valence electrons. The maximum Gasteiger partial charge on any atom is 0.416 e. The molecule has 1 aliphatic rings. The fraction of sp³-hybridized carbons (Fsp3) is 0.188. The van der Waals surface area contributed by atoms with Gasteiger partial charge in [0.15, 0.2) is 0 Å². The minimum atomic E-state index is -4.43. The summed E-state index contributed by atoms with van der Waals surface area (Å²) in [6.45, 7) is 2.67. The first kappa shape index (κ1) is 29.4. The molecular weight excluding hydrogens is 531 g/mol. The molecule has 6 nitrogen and oxygen atoms in total. The smallest absolute Gasteiger partial charge is 0.416 e. The molecule has 4 aromatic carbocycles. The summed E-state index contributed by atoms with van der Waals surface area (Å²) in [5.74, 6) is -0.386. The highest BCUT2D eigenvalue weighted by Gasteiger charge is 2.30. The number of halogens is 3. The van der Waals surface area contributed by atoms with E-state index in [0.717, 1.165) is 23.3 Å². The quantitative estimate of drug-likeness (QED) is 0.242. The molecule has 0 saturated heterocycles. The minimum absolute atomic E-state index is 0.159. The van der Waals surface area contributed by atoms with E-state index in [-0.39, 0.29) is 11.9 Å². The number of carboxylic acid groups (broad SMARTS) is 1. The molecule has 0 bridgehead atoms. The Kier molecular flexibility index (Phi) is 9.09. The highest BCUT2D eigenvalue weighted by Crippen LogP contribution is 2.32. The van der Waals surface area contributed by atoms with E-state index in [1.165, 1.54) is 22.6 Å². The average molecular weight is 562 g/mol. The second-order valence-corrected chi connectivity index (χ2v) is 9.71. The van der Waals surface area contributed by atoms with Crippen LogP contribution < -0.4 is 11.1 Å². The molecule has 4 N–H and O–H groups in total. The molecule has 0 fully saturated rings. The highest BCUT2D eigenvalue weighted by atomic mass is 19.4. The number of benzene rings is 4. The van der Waals surface area contributed by atoms with Crippen LogP contribution in [0, 0.1) is 0 Å². The van der Waals surface area contributed by atoms with Crippen LogP contribution in [-0.4, -0.2) is 28.6 Å². The first-order valence-electron chi connectivity index (χ1n) is 13.0. The van der Waals surface area contributed by atoms with Crippen molar-refractivity contribution in [3.63, 3.8) is 0 Å². The van der Waals surface area contributed by atoms with Crippen LogP contribution in [0.15, 0.2) is 97.1 Å². The van der Waals surface area contributed by atoms with Gasteiger partial charge in [-0.2, -0.15) is 13.2 Å². The van der Waals surface area contributed by atoms with Crippen LogP contribution >= 0.6 is 0 Å². The van der Waals surface area contributed by atoms with Crippen LogP contribution in [0.1, 0.15) is 45.6 Å². The average Bonchev–Trinajstić information content (AvgIpc) is 2.97. The van der Waals surface area contributed by atoms with Crippen molar-refractivity contribution < 1.29 is 27.9 Å². The van der Waals surface area contributed by atoms with Crippen LogP contribution in [0.5, 0.6) is 0 Å². The lowest BCUT2D eigenvalue weighted by Gasteiger charge is -2.26. The van der Waals surface area contributed by atoms with Crippen LogP contribution in [0.2, 0.25) is 0 Å². The summed E-state index contributed by atoms with van der Waals surface area (Å²) in [4.78, 5) is 25.5. The molecule has 0 aromatic heterocycles. The Morgan fingerprint density at radius 2 is 1.56 bits per heavy atom. The van der Waals surface area contributed by atoms with Crippen molar-refractivity contribution in [2.75, 3.05) is 11.9 Å². The lowest BCUT2D eigenvalue weighted by Crippen LogP contribution is -2.34. The van der Waals surface area contributed by atoms with Gasteiger partial charge in [0, 0.05) is 30.4 Å². The summed E-state index contributed by atoms with van der Waals surface area (Å²) < 4.78 is 38.6. The normalized spacial score (nSPS) is 13.3. The van der Waals surface area contributed by atoms with Crippen LogP contribution in [0.4, 0.5) is 23.7 Å². The highest BCUT2D eigenvalue weighted by molar-refractivity contribution is 6.08. The summed E-state index contributed by atoms with van der Waals surface area (Å²) in [6.07, 6.45) is -4.84. The number of hydrogen-bond acceptors (Lipinski definition) is 3. The van der Waals surface area contributed by atoms with E-state index >= 15 is 0 Å². The van der Waals surface area contributed by atoms with Crippen molar-refractivity contribution in [1.82, 2.24) is 4.90 Å². The van der Waals surface area contributed by atoms with E-state index in [2.05, 4.69) is 5.32 Å². The second kappa shape index (κ2) is 12.7. The molecule has 41 heavy (non-hydrogen) atoms. The number of nitrogens with one attached hydrogen (secondary N) is 1. The minimum Gasteiger partial charge on any atom is -0.465 e. The van der Waals surface area contributed by atoms with Crippen molar-refractivity contribution in [1.29, 1.82) is 0 Å². The molecular formula is C32H30F3N3O3. The Bertz CT molecular complexity index is 1500. The first-order chi connectivity index (χ1) is 19.5. The van der Waals surface area contributed by atoms with E-state index < -0.39 is 17.8 Å². The zero-order valence-electron chi connectivity index (χ0n) is 22.4. The number of nitrogens with two attached hydrogens (primary N) is 1. The van der Waals surface area contributed by atoms with Gasteiger partial charge in [0.2, 0.25) is 0 Å². The lowest BCUT2D eigenvalue weighted by atomic mass is 9.97. The molecule has 1 unspecified atom stereocenters. The van der Waals surface area contributed by atoms with Gasteiger partial charge in [-0.05, 0) is 71.5 Å². The van der Waals surface area contributed by atoms with Gasteiger partial charge >= 0.3 is 12.3 Å². The number of amides is 2. The van der Waals surface area contributed by atoms with Gasteiger partial charge in [-0.1, -0.05) is 66.7 Å². The van der Waals surface area contributed by atoms with Gasteiger partial charge in [0.1, 0.15) is 0 Å². The van der Waals surface area contributed by atoms with Gasteiger partial charge in [-0.3, -0.25) is 4.79 Å². The Hall–Kier alpha value is -4.63. The van der Waals surface area contributed by atoms with E-state index in [0.29, 0.717) is 41.9 Å². The van der Waals surface area contributed by atoms with E-state index in [4.69, 9.17) is 10.8 Å². The number of carbonyl (C=O) groups is 2. The molecule has 0 saturated carbocycles. The second-order valence-electron chi connectivity index (χ2n) is 9.71. The van der Waals surface area contributed by atoms with E-state index in [1.54, 1.807) is 36.4 Å². The molecule has 5 rings (SSSR count). The monoisotopic (exact) mass is 561 g/mol. The van der Waals surface area contributed by atoms with Crippen molar-refractivity contribution in [2.45, 2.75) is 32.1 Å². The van der Waals surface area contributed by atoms with E-state index in [1.807, 2.05) is 43.3 Å². The maximum atomic E-state index is 13.0. The zero-order valence-corrected chi connectivity index (χ0v) is 22.4. The van der Waals surface area contributed by atoms with Crippen LogP contribution in [0.25, 0.3) is 11.1 Å². The molecule has 1 atom stereocenters. The fourth-order valence-corrected chi connectivity index (χ4v) is 4.52. The Balaban J connectivity index is 0.000000367. The van der Waals surface area contributed by atoms with Crippen molar-refractivity contribution >= 4 is 17.7 Å². The predicted octanol–water partition coefficient (Wildman–Crippen LogP) is 7.37. The molecule has 9 heteroatoms. The fourth-order valence-electron chi connectivity index (χ4n) is 4.52. The summed E-state index contributed by atoms with van der Waals surface area (Å²) in [5.41, 5.74) is 9.84. The maximum absolute atomic E-state index is 13.0. The number of anilines is 1. The molecule has 1 aliphatic heterocycles. The molecule has 1 heterocycles. The standard InChI is InChI=1S/C24H19F3N2O3.C8H11N/c25-24(26,27)18-8-5-15(6-9-18)20-3-1-2-4-21(20)22(30)28-19-10-7-17-14-29(23(31)32)12-11-16(17)13-19;1-7(9)8-5-3-2-4-6-8/h1-10,13H,11-12,14H2,(H,28,30)(H,31,32);2-7H,9H2,1H3. The third kappa shape index (κ3) is 7.52. The summed E-state index contributed by atoms with van der Waals surface area (Å²) in [7, 11) is 0. The number of fused-ring (bicyclic) bond motifs is 1. The largest absolute Gasteiger partial charge is 0.465 e.